The van der Waals surface area contributed by atoms with Crippen molar-refractivity contribution in [1.82, 2.24) is 0 Å². The summed E-state index contributed by atoms with van der Waals surface area (Å²) in [6, 6.07) is 6.10. The van der Waals surface area contributed by atoms with Crippen LogP contribution in [0, 0.1) is 11.3 Å². The Hall–Kier alpha value is -1.02. The third-order valence-electron chi connectivity index (χ3n) is 4.81. The highest BCUT2D eigenvalue weighted by Gasteiger charge is 2.28. The molecule has 116 valence electrons. The van der Waals surface area contributed by atoms with Crippen molar-refractivity contribution in [3.05, 3.63) is 34.3 Å². The van der Waals surface area contributed by atoms with Gasteiger partial charge in [0.15, 0.2) is 0 Å². The Morgan fingerprint density at radius 3 is 2.52 bits per heavy atom. The molecule has 1 aliphatic rings. The molecule has 2 nitrogen and oxygen atoms in total. The Kier molecular flexibility index (Phi) is 4.98. The van der Waals surface area contributed by atoms with Gasteiger partial charge in [-0.3, -0.25) is 4.79 Å². The van der Waals surface area contributed by atoms with Gasteiger partial charge in [-0.1, -0.05) is 44.5 Å². The van der Waals surface area contributed by atoms with Crippen molar-refractivity contribution < 1.29 is 9.90 Å². The molecule has 0 amide bonds. The SMILES string of the molecule is CC(Cc1ccc(C2CCC(C)(C)CC2)c(Cl)c1)C(=O)O. The van der Waals surface area contributed by atoms with Gasteiger partial charge in [0.1, 0.15) is 0 Å². The lowest BCUT2D eigenvalue weighted by atomic mass is 9.71. The molecule has 21 heavy (non-hydrogen) atoms. The molecular formula is C18H25ClO2. The molecule has 0 aromatic heterocycles. The number of aliphatic carboxylic acids is 1. The van der Waals surface area contributed by atoms with Crippen LogP contribution < -0.4 is 0 Å². The quantitative estimate of drug-likeness (QED) is 0.821. The molecule has 0 radical (unpaired) electrons. The summed E-state index contributed by atoms with van der Waals surface area (Å²) >= 11 is 6.45. The van der Waals surface area contributed by atoms with Crippen LogP contribution >= 0.6 is 11.6 Å². The second-order valence-corrected chi connectivity index (χ2v) is 7.64. The van der Waals surface area contributed by atoms with E-state index in [1.165, 1.54) is 31.2 Å². The Morgan fingerprint density at radius 1 is 1.38 bits per heavy atom. The predicted molar refractivity (Wildman–Crippen MR) is 86.9 cm³/mol. The zero-order valence-electron chi connectivity index (χ0n) is 13.2. The van der Waals surface area contributed by atoms with E-state index < -0.39 is 5.97 Å². The van der Waals surface area contributed by atoms with Gasteiger partial charge in [0.05, 0.1) is 5.92 Å². The fraction of sp³-hybridized carbons (Fsp3) is 0.611. The van der Waals surface area contributed by atoms with E-state index in [4.69, 9.17) is 16.7 Å². The summed E-state index contributed by atoms with van der Waals surface area (Å²) in [4.78, 5) is 10.9. The largest absolute Gasteiger partial charge is 0.481 e. The van der Waals surface area contributed by atoms with Gasteiger partial charge >= 0.3 is 5.97 Å². The molecule has 1 N–H and O–H groups in total. The third-order valence-corrected chi connectivity index (χ3v) is 5.13. The van der Waals surface area contributed by atoms with Crippen molar-refractivity contribution in [2.45, 2.75) is 58.8 Å². The Morgan fingerprint density at radius 2 is 2.00 bits per heavy atom. The maximum absolute atomic E-state index is 10.9. The molecule has 1 atom stereocenters. The van der Waals surface area contributed by atoms with Gasteiger partial charge in [-0.05, 0) is 60.6 Å². The molecular weight excluding hydrogens is 284 g/mol. The summed E-state index contributed by atoms with van der Waals surface area (Å²) in [5.41, 5.74) is 2.70. The van der Waals surface area contributed by atoms with Crippen LogP contribution in [0.4, 0.5) is 0 Å². The fourth-order valence-corrected chi connectivity index (χ4v) is 3.54. The predicted octanol–water partition coefficient (Wildman–Crippen LogP) is 5.29. The summed E-state index contributed by atoms with van der Waals surface area (Å²) in [6.45, 7) is 6.40. The van der Waals surface area contributed by atoms with Crippen molar-refractivity contribution >= 4 is 17.6 Å². The van der Waals surface area contributed by atoms with E-state index in [1.54, 1.807) is 6.92 Å². The van der Waals surface area contributed by atoms with Gasteiger partial charge in [-0.25, -0.2) is 0 Å². The number of halogens is 1. The molecule has 1 aromatic rings. The highest BCUT2D eigenvalue weighted by molar-refractivity contribution is 6.31. The van der Waals surface area contributed by atoms with Gasteiger partial charge < -0.3 is 5.11 Å². The van der Waals surface area contributed by atoms with Crippen molar-refractivity contribution in [1.29, 1.82) is 0 Å². The second kappa shape index (κ2) is 6.39. The maximum atomic E-state index is 10.9. The van der Waals surface area contributed by atoms with Crippen LogP contribution in [-0.2, 0) is 11.2 Å². The van der Waals surface area contributed by atoms with Gasteiger partial charge in [0.25, 0.3) is 0 Å². The average molecular weight is 309 g/mol. The van der Waals surface area contributed by atoms with E-state index in [2.05, 4.69) is 19.9 Å². The highest BCUT2D eigenvalue weighted by Crippen LogP contribution is 2.44. The number of hydrogen-bond donors (Lipinski definition) is 1. The number of benzene rings is 1. The third kappa shape index (κ3) is 4.23. The zero-order valence-corrected chi connectivity index (χ0v) is 13.9. The lowest BCUT2D eigenvalue weighted by molar-refractivity contribution is -0.141. The molecule has 1 aromatic carbocycles. The van der Waals surface area contributed by atoms with Crippen molar-refractivity contribution in [2.24, 2.45) is 11.3 Å². The number of rotatable bonds is 4. The average Bonchev–Trinajstić information content (AvgIpc) is 2.39. The number of carbonyl (C=O) groups is 1. The molecule has 1 unspecified atom stereocenters. The fourth-order valence-electron chi connectivity index (χ4n) is 3.18. The van der Waals surface area contributed by atoms with E-state index in [0.717, 1.165) is 10.6 Å². The molecule has 1 fully saturated rings. The molecule has 0 saturated heterocycles. The molecule has 2 rings (SSSR count). The van der Waals surface area contributed by atoms with Crippen molar-refractivity contribution in [3.8, 4) is 0 Å². The van der Waals surface area contributed by atoms with Crippen LogP contribution in [0.25, 0.3) is 0 Å². The molecule has 0 heterocycles. The molecule has 1 aliphatic carbocycles. The van der Waals surface area contributed by atoms with Crippen molar-refractivity contribution in [2.75, 3.05) is 0 Å². The van der Waals surface area contributed by atoms with Gasteiger partial charge in [-0.2, -0.15) is 0 Å². The Bertz CT molecular complexity index is 512. The first kappa shape index (κ1) is 16.4. The van der Waals surface area contributed by atoms with Gasteiger partial charge in [0.2, 0.25) is 0 Å². The minimum Gasteiger partial charge on any atom is -0.481 e. The topological polar surface area (TPSA) is 37.3 Å². The minimum atomic E-state index is -0.760. The molecule has 1 saturated carbocycles. The summed E-state index contributed by atoms with van der Waals surface area (Å²) in [6.07, 6.45) is 5.40. The smallest absolute Gasteiger partial charge is 0.306 e. The molecule has 3 heteroatoms. The van der Waals surface area contributed by atoms with Gasteiger partial charge in [0, 0.05) is 5.02 Å². The number of carboxylic acids is 1. The zero-order chi connectivity index (χ0) is 15.6. The lowest BCUT2D eigenvalue weighted by Crippen LogP contribution is -2.20. The second-order valence-electron chi connectivity index (χ2n) is 7.24. The van der Waals surface area contributed by atoms with Gasteiger partial charge in [-0.15, -0.1) is 0 Å². The molecule has 0 bridgehead atoms. The monoisotopic (exact) mass is 308 g/mol. The van der Waals surface area contributed by atoms with Crippen LogP contribution in [0.1, 0.15) is 63.5 Å². The first-order valence-electron chi connectivity index (χ1n) is 7.79. The Balaban J connectivity index is 2.08. The standard InChI is InChI=1S/C18H25ClO2/c1-12(17(20)21)10-13-4-5-15(16(19)11-13)14-6-8-18(2,3)9-7-14/h4-5,11-12,14H,6-10H2,1-3H3,(H,20,21). The summed E-state index contributed by atoms with van der Waals surface area (Å²) < 4.78 is 0. The van der Waals surface area contributed by atoms with Crippen molar-refractivity contribution in [3.63, 3.8) is 0 Å². The van der Waals surface area contributed by atoms with Crippen LogP contribution in [0.5, 0.6) is 0 Å². The number of carboxylic acid groups (broad SMARTS) is 1. The van der Waals surface area contributed by atoms with E-state index in [1.807, 2.05) is 12.1 Å². The van der Waals surface area contributed by atoms with Crippen LogP contribution in [0.3, 0.4) is 0 Å². The molecule has 0 aliphatic heterocycles. The molecule has 0 spiro atoms. The van der Waals surface area contributed by atoms with E-state index >= 15 is 0 Å². The normalized spacial score (nSPS) is 20.2. The lowest BCUT2D eigenvalue weighted by Gasteiger charge is -2.34. The maximum Gasteiger partial charge on any atom is 0.306 e. The van der Waals surface area contributed by atoms with Crippen LogP contribution in [-0.4, -0.2) is 11.1 Å². The Labute approximate surface area is 132 Å². The summed E-state index contributed by atoms with van der Waals surface area (Å²) in [5.74, 6) is -0.580. The highest BCUT2D eigenvalue weighted by atomic mass is 35.5. The van der Waals surface area contributed by atoms with E-state index in [9.17, 15) is 4.79 Å². The van der Waals surface area contributed by atoms with Crippen LogP contribution in [0.15, 0.2) is 18.2 Å². The van der Waals surface area contributed by atoms with E-state index in [0.29, 0.717) is 17.8 Å². The van der Waals surface area contributed by atoms with Crippen LogP contribution in [0.2, 0.25) is 5.02 Å². The first-order chi connectivity index (χ1) is 9.78. The summed E-state index contributed by atoms with van der Waals surface area (Å²) in [5, 5.41) is 9.79. The van der Waals surface area contributed by atoms with E-state index in [-0.39, 0.29) is 5.92 Å². The summed E-state index contributed by atoms with van der Waals surface area (Å²) in [7, 11) is 0. The first-order valence-corrected chi connectivity index (χ1v) is 8.17. The minimum absolute atomic E-state index is 0.373. The number of hydrogen-bond acceptors (Lipinski definition) is 1.